The van der Waals surface area contributed by atoms with Gasteiger partial charge in [-0.3, -0.25) is 0 Å². The average molecular weight is 229 g/mol. The second-order valence-corrected chi connectivity index (χ2v) is 4.71. The van der Waals surface area contributed by atoms with Crippen molar-refractivity contribution in [2.24, 2.45) is 11.7 Å². The molecule has 2 amide bonds. The van der Waals surface area contributed by atoms with Crippen LogP contribution in [0.1, 0.15) is 26.7 Å². The van der Waals surface area contributed by atoms with Gasteiger partial charge in [0.25, 0.3) is 0 Å². The first-order chi connectivity index (χ1) is 7.00. The molecule has 86 valence electrons. The van der Waals surface area contributed by atoms with Crippen LogP contribution in [-0.2, 0) is 0 Å². The molecule has 1 fully saturated rings. The summed E-state index contributed by atoms with van der Waals surface area (Å²) >= 11 is 4.80. The van der Waals surface area contributed by atoms with E-state index in [0.29, 0.717) is 4.99 Å². The standard InChI is InChI=1S/C10H19N3OS/c1-7-3-5-13(6-4-7)10(14)12-8(2)9(11)15/h7-8H,3-6H2,1-2H3,(H2,11,15)(H,12,14). The van der Waals surface area contributed by atoms with Gasteiger partial charge in [0.05, 0.1) is 11.0 Å². The predicted octanol–water partition coefficient (Wildman–Crippen LogP) is 1.10. The molecule has 0 spiro atoms. The molecule has 15 heavy (non-hydrogen) atoms. The normalized spacial score (nSPS) is 19.7. The highest BCUT2D eigenvalue weighted by Gasteiger charge is 2.21. The van der Waals surface area contributed by atoms with Gasteiger partial charge in [0, 0.05) is 13.1 Å². The first-order valence-electron chi connectivity index (χ1n) is 5.35. The Labute approximate surface area is 96.2 Å². The second-order valence-electron chi connectivity index (χ2n) is 4.24. The summed E-state index contributed by atoms with van der Waals surface area (Å²) in [6.45, 7) is 5.67. The Bertz CT molecular complexity index is 249. The van der Waals surface area contributed by atoms with Crippen molar-refractivity contribution < 1.29 is 4.79 Å². The van der Waals surface area contributed by atoms with Gasteiger partial charge in [-0.1, -0.05) is 19.1 Å². The molecule has 1 atom stereocenters. The average Bonchev–Trinajstić information content (AvgIpc) is 2.18. The van der Waals surface area contributed by atoms with Crippen LogP contribution in [-0.4, -0.2) is 35.1 Å². The van der Waals surface area contributed by atoms with Gasteiger partial charge in [-0.05, 0) is 25.7 Å². The minimum Gasteiger partial charge on any atom is -0.392 e. The molecule has 0 aromatic rings. The molecule has 1 aliphatic heterocycles. The molecule has 4 nitrogen and oxygen atoms in total. The summed E-state index contributed by atoms with van der Waals surface area (Å²) in [6.07, 6.45) is 2.16. The van der Waals surface area contributed by atoms with Crippen LogP contribution in [0.25, 0.3) is 0 Å². The van der Waals surface area contributed by atoms with E-state index in [4.69, 9.17) is 18.0 Å². The van der Waals surface area contributed by atoms with Gasteiger partial charge in [0.2, 0.25) is 0 Å². The van der Waals surface area contributed by atoms with Crippen LogP contribution in [0.2, 0.25) is 0 Å². The predicted molar refractivity (Wildman–Crippen MR) is 64.8 cm³/mol. The van der Waals surface area contributed by atoms with Crippen molar-refractivity contribution in [2.45, 2.75) is 32.7 Å². The number of amides is 2. The Hall–Kier alpha value is -0.840. The SMILES string of the molecule is CC1CCN(C(=O)NC(C)C(N)=S)CC1. The molecule has 0 bridgehead atoms. The van der Waals surface area contributed by atoms with Gasteiger partial charge in [0.15, 0.2) is 0 Å². The quantitative estimate of drug-likeness (QED) is 0.697. The monoisotopic (exact) mass is 229 g/mol. The number of hydrogen-bond acceptors (Lipinski definition) is 2. The van der Waals surface area contributed by atoms with Crippen LogP contribution in [0.5, 0.6) is 0 Å². The fraction of sp³-hybridized carbons (Fsp3) is 0.800. The Morgan fingerprint density at radius 1 is 1.53 bits per heavy atom. The zero-order chi connectivity index (χ0) is 11.4. The number of likely N-dealkylation sites (tertiary alicyclic amines) is 1. The van der Waals surface area contributed by atoms with E-state index in [1.807, 2.05) is 4.90 Å². The van der Waals surface area contributed by atoms with E-state index >= 15 is 0 Å². The third kappa shape index (κ3) is 3.66. The molecule has 1 saturated heterocycles. The van der Waals surface area contributed by atoms with Gasteiger partial charge in [-0.15, -0.1) is 0 Å². The maximum Gasteiger partial charge on any atom is 0.317 e. The minimum atomic E-state index is -0.230. The van der Waals surface area contributed by atoms with Crippen LogP contribution < -0.4 is 11.1 Å². The topological polar surface area (TPSA) is 58.4 Å². The lowest BCUT2D eigenvalue weighted by atomic mass is 10.00. The molecule has 5 heteroatoms. The maximum atomic E-state index is 11.7. The van der Waals surface area contributed by atoms with E-state index in [1.165, 1.54) is 0 Å². The zero-order valence-corrected chi connectivity index (χ0v) is 10.1. The number of nitrogens with one attached hydrogen (secondary N) is 1. The van der Waals surface area contributed by atoms with Crippen LogP contribution in [0, 0.1) is 5.92 Å². The van der Waals surface area contributed by atoms with Gasteiger partial charge >= 0.3 is 6.03 Å². The maximum absolute atomic E-state index is 11.7. The highest BCUT2D eigenvalue weighted by atomic mass is 32.1. The van der Waals surface area contributed by atoms with Crippen molar-refractivity contribution in [2.75, 3.05) is 13.1 Å². The molecular weight excluding hydrogens is 210 g/mol. The largest absolute Gasteiger partial charge is 0.392 e. The number of urea groups is 1. The van der Waals surface area contributed by atoms with Crippen LogP contribution in [0.15, 0.2) is 0 Å². The van der Waals surface area contributed by atoms with Crippen molar-refractivity contribution in [3.8, 4) is 0 Å². The van der Waals surface area contributed by atoms with Crippen LogP contribution in [0.4, 0.5) is 4.79 Å². The lowest BCUT2D eigenvalue weighted by Gasteiger charge is -2.31. The molecule has 0 radical (unpaired) electrons. The molecule has 1 rings (SSSR count). The number of carbonyl (C=O) groups excluding carboxylic acids is 1. The fourth-order valence-electron chi connectivity index (χ4n) is 1.56. The van der Waals surface area contributed by atoms with E-state index in [0.717, 1.165) is 31.8 Å². The first kappa shape index (κ1) is 12.2. The Morgan fingerprint density at radius 2 is 2.07 bits per heavy atom. The summed E-state index contributed by atoms with van der Waals surface area (Å²) in [7, 11) is 0. The highest BCUT2D eigenvalue weighted by Crippen LogP contribution is 2.15. The number of hydrogen-bond donors (Lipinski definition) is 2. The smallest absolute Gasteiger partial charge is 0.317 e. The summed E-state index contributed by atoms with van der Waals surface area (Å²) in [4.78, 5) is 13.9. The summed E-state index contributed by atoms with van der Waals surface area (Å²) in [6, 6.07) is -0.283. The Kier molecular flexibility index (Phi) is 4.32. The molecule has 1 heterocycles. The second kappa shape index (κ2) is 5.30. The van der Waals surface area contributed by atoms with Gasteiger partial charge in [-0.25, -0.2) is 4.79 Å². The summed E-state index contributed by atoms with van der Waals surface area (Å²) in [5, 5.41) is 2.78. The van der Waals surface area contributed by atoms with Crippen molar-refractivity contribution >= 4 is 23.2 Å². The van der Waals surface area contributed by atoms with Gasteiger partial charge < -0.3 is 16.0 Å². The number of piperidine rings is 1. The van der Waals surface area contributed by atoms with E-state index in [-0.39, 0.29) is 12.1 Å². The molecule has 3 N–H and O–H groups in total. The number of rotatable bonds is 2. The molecule has 0 aliphatic carbocycles. The number of nitrogens with two attached hydrogens (primary N) is 1. The highest BCUT2D eigenvalue weighted by molar-refractivity contribution is 7.80. The summed E-state index contributed by atoms with van der Waals surface area (Å²) < 4.78 is 0. The Morgan fingerprint density at radius 3 is 2.53 bits per heavy atom. The van der Waals surface area contributed by atoms with E-state index in [9.17, 15) is 4.79 Å². The lowest BCUT2D eigenvalue weighted by Crippen LogP contribution is -2.50. The molecule has 0 aromatic heterocycles. The molecular formula is C10H19N3OS. The number of carbonyl (C=O) groups is 1. The fourth-order valence-corrected chi connectivity index (χ4v) is 1.62. The lowest BCUT2D eigenvalue weighted by molar-refractivity contribution is 0.173. The summed E-state index contributed by atoms with van der Waals surface area (Å²) in [5.41, 5.74) is 5.43. The molecule has 0 aromatic carbocycles. The van der Waals surface area contributed by atoms with Gasteiger partial charge in [-0.2, -0.15) is 0 Å². The third-order valence-corrected chi connectivity index (χ3v) is 3.19. The van der Waals surface area contributed by atoms with Crippen LogP contribution in [0.3, 0.4) is 0 Å². The van der Waals surface area contributed by atoms with Crippen molar-refractivity contribution in [3.63, 3.8) is 0 Å². The number of thiocarbonyl (C=S) groups is 1. The third-order valence-electron chi connectivity index (χ3n) is 2.84. The first-order valence-corrected chi connectivity index (χ1v) is 5.76. The summed E-state index contributed by atoms with van der Waals surface area (Å²) in [5.74, 6) is 0.724. The van der Waals surface area contributed by atoms with Crippen molar-refractivity contribution in [1.29, 1.82) is 0 Å². The van der Waals surface area contributed by atoms with E-state index in [1.54, 1.807) is 6.92 Å². The van der Waals surface area contributed by atoms with E-state index < -0.39 is 0 Å². The molecule has 1 unspecified atom stereocenters. The van der Waals surface area contributed by atoms with E-state index in [2.05, 4.69) is 12.2 Å². The van der Waals surface area contributed by atoms with Crippen molar-refractivity contribution in [1.82, 2.24) is 10.2 Å². The van der Waals surface area contributed by atoms with Crippen molar-refractivity contribution in [3.05, 3.63) is 0 Å². The number of nitrogens with zero attached hydrogens (tertiary/aromatic N) is 1. The molecule has 1 aliphatic rings. The Balaban J connectivity index is 2.37. The molecule has 0 saturated carbocycles. The van der Waals surface area contributed by atoms with Gasteiger partial charge in [0.1, 0.15) is 0 Å². The minimum absolute atomic E-state index is 0.0535. The van der Waals surface area contributed by atoms with Crippen LogP contribution >= 0.6 is 12.2 Å². The zero-order valence-electron chi connectivity index (χ0n) is 9.32.